The summed E-state index contributed by atoms with van der Waals surface area (Å²) >= 11 is 0. The van der Waals surface area contributed by atoms with Crippen LogP contribution in [-0.4, -0.2) is 30.3 Å². The summed E-state index contributed by atoms with van der Waals surface area (Å²) in [6, 6.07) is -0.707. The van der Waals surface area contributed by atoms with E-state index < -0.39 is 23.8 Å². The summed E-state index contributed by atoms with van der Waals surface area (Å²) < 4.78 is 0. The first-order valence-electron chi connectivity index (χ1n) is 5.54. The quantitative estimate of drug-likeness (QED) is 0.360. The highest BCUT2D eigenvalue weighted by atomic mass is 16.2. The molecule has 0 fully saturated rings. The van der Waals surface area contributed by atoms with Crippen LogP contribution >= 0.6 is 0 Å². The van der Waals surface area contributed by atoms with E-state index in [-0.39, 0.29) is 12.8 Å². The van der Waals surface area contributed by atoms with E-state index in [2.05, 4.69) is 5.32 Å². The van der Waals surface area contributed by atoms with Crippen LogP contribution in [0, 0.1) is 0 Å². The zero-order chi connectivity index (χ0) is 13.3. The molecule has 0 aliphatic heterocycles. The van der Waals surface area contributed by atoms with Gasteiger partial charge in [0, 0.05) is 12.8 Å². The molecule has 7 N–H and O–H groups in total. The number of unbranched alkanes of at least 4 members (excludes halogenated alkanes) is 1. The Balaban J connectivity index is 4.02. The van der Waals surface area contributed by atoms with Crippen molar-refractivity contribution >= 4 is 17.7 Å². The lowest BCUT2D eigenvalue weighted by molar-refractivity contribution is -0.128. The molecule has 0 heterocycles. The van der Waals surface area contributed by atoms with Gasteiger partial charge in [0.25, 0.3) is 0 Å². The fraction of sp³-hybridized carbons (Fsp3) is 0.700. The Kier molecular flexibility index (Phi) is 7.70. The maximum Gasteiger partial charge on any atom is 0.239 e. The molecule has 0 bridgehead atoms. The molecule has 7 heteroatoms. The van der Waals surface area contributed by atoms with Crippen LogP contribution in [0.25, 0.3) is 0 Å². The van der Waals surface area contributed by atoms with Gasteiger partial charge in [-0.1, -0.05) is 0 Å². The summed E-state index contributed by atoms with van der Waals surface area (Å²) in [5.74, 6) is -1.55. The molecule has 1 unspecified atom stereocenters. The van der Waals surface area contributed by atoms with Crippen molar-refractivity contribution < 1.29 is 14.4 Å². The minimum absolute atomic E-state index is 0.0317. The predicted molar refractivity (Wildman–Crippen MR) is 62.5 cm³/mol. The summed E-state index contributed by atoms with van der Waals surface area (Å²) in [5, 5.41) is 2.47. The Hall–Kier alpha value is -1.63. The van der Waals surface area contributed by atoms with E-state index >= 15 is 0 Å². The molecule has 0 aromatic rings. The lowest BCUT2D eigenvalue weighted by Crippen LogP contribution is -2.44. The molecular weight excluding hydrogens is 224 g/mol. The topological polar surface area (TPSA) is 141 Å². The summed E-state index contributed by atoms with van der Waals surface area (Å²) in [5.41, 5.74) is 15.4. The van der Waals surface area contributed by atoms with E-state index in [0.29, 0.717) is 19.4 Å². The summed E-state index contributed by atoms with van der Waals surface area (Å²) in [6.45, 7) is 0.529. The zero-order valence-electron chi connectivity index (χ0n) is 9.78. The van der Waals surface area contributed by atoms with Crippen LogP contribution < -0.4 is 22.5 Å². The highest BCUT2D eigenvalue weighted by Crippen LogP contribution is 2.01. The minimum Gasteiger partial charge on any atom is -0.370 e. The average Bonchev–Trinajstić information content (AvgIpc) is 2.25. The van der Waals surface area contributed by atoms with Gasteiger partial charge in [0.15, 0.2) is 0 Å². The van der Waals surface area contributed by atoms with Crippen LogP contribution in [0.2, 0.25) is 0 Å². The van der Waals surface area contributed by atoms with E-state index in [1.165, 1.54) is 0 Å². The number of nitrogens with two attached hydrogens (primary N) is 3. The van der Waals surface area contributed by atoms with Crippen molar-refractivity contribution in [3.63, 3.8) is 0 Å². The SMILES string of the molecule is NCCCCC(NC(=O)CCC(N)=O)C(N)=O. The van der Waals surface area contributed by atoms with Crippen molar-refractivity contribution in [2.24, 2.45) is 17.2 Å². The van der Waals surface area contributed by atoms with Gasteiger partial charge in [0.05, 0.1) is 0 Å². The first-order valence-corrected chi connectivity index (χ1v) is 5.54. The van der Waals surface area contributed by atoms with Gasteiger partial charge in [0.2, 0.25) is 17.7 Å². The Morgan fingerprint density at radius 2 is 1.71 bits per heavy atom. The number of hydrogen-bond donors (Lipinski definition) is 4. The van der Waals surface area contributed by atoms with Crippen molar-refractivity contribution in [3.8, 4) is 0 Å². The molecule has 0 aliphatic carbocycles. The van der Waals surface area contributed by atoms with Crippen molar-refractivity contribution in [3.05, 3.63) is 0 Å². The maximum absolute atomic E-state index is 11.3. The maximum atomic E-state index is 11.3. The number of carbonyl (C=O) groups is 3. The molecule has 0 aromatic carbocycles. The molecule has 1 atom stereocenters. The lowest BCUT2D eigenvalue weighted by Gasteiger charge is -2.14. The molecular formula is C10H20N4O3. The minimum atomic E-state index is -0.707. The molecule has 0 spiro atoms. The molecule has 0 saturated carbocycles. The number of rotatable bonds is 9. The van der Waals surface area contributed by atoms with E-state index in [1.54, 1.807) is 0 Å². The second kappa shape index (κ2) is 8.51. The lowest BCUT2D eigenvalue weighted by atomic mass is 10.1. The van der Waals surface area contributed by atoms with Crippen LogP contribution in [0.5, 0.6) is 0 Å². The van der Waals surface area contributed by atoms with Crippen LogP contribution in [0.4, 0.5) is 0 Å². The van der Waals surface area contributed by atoms with Crippen molar-refractivity contribution in [1.29, 1.82) is 0 Å². The van der Waals surface area contributed by atoms with E-state index in [9.17, 15) is 14.4 Å². The fourth-order valence-corrected chi connectivity index (χ4v) is 1.28. The third-order valence-corrected chi connectivity index (χ3v) is 2.22. The smallest absolute Gasteiger partial charge is 0.239 e. The number of primary amides is 2. The number of amides is 3. The first-order chi connectivity index (χ1) is 7.97. The van der Waals surface area contributed by atoms with Gasteiger partial charge in [-0.15, -0.1) is 0 Å². The highest BCUT2D eigenvalue weighted by Gasteiger charge is 2.17. The van der Waals surface area contributed by atoms with E-state index in [0.717, 1.165) is 6.42 Å². The molecule has 0 saturated heterocycles. The van der Waals surface area contributed by atoms with Crippen LogP contribution in [0.3, 0.4) is 0 Å². The van der Waals surface area contributed by atoms with Crippen LogP contribution in [-0.2, 0) is 14.4 Å². The van der Waals surface area contributed by atoms with Gasteiger partial charge >= 0.3 is 0 Å². The Morgan fingerprint density at radius 1 is 1.06 bits per heavy atom. The molecule has 7 nitrogen and oxygen atoms in total. The summed E-state index contributed by atoms with van der Waals surface area (Å²) in [6.07, 6.45) is 1.85. The third kappa shape index (κ3) is 8.21. The monoisotopic (exact) mass is 244 g/mol. The van der Waals surface area contributed by atoms with Gasteiger partial charge in [0.1, 0.15) is 6.04 Å². The molecule has 17 heavy (non-hydrogen) atoms. The van der Waals surface area contributed by atoms with Gasteiger partial charge in [-0.25, -0.2) is 0 Å². The average molecular weight is 244 g/mol. The largest absolute Gasteiger partial charge is 0.370 e. The van der Waals surface area contributed by atoms with E-state index in [4.69, 9.17) is 17.2 Å². The van der Waals surface area contributed by atoms with Crippen molar-refractivity contribution in [1.82, 2.24) is 5.32 Å². The zero-order valence-corrected chi connectivity index (χ0v) is 9.78. The van der Waals surface area contributed by atoms with E-state index in [1.807, 2.05) is 0 Å². The summed E-state index contributed by atoms with van der Waals surface area (Å²) in [7, 11) is 0. The molecule has 0 rings (SSSR count). The Morgan fingerprint density at radius 3 is 2.18 bits per heavy atom. The number of hydrogen-bond acceptors (Lipinski definition) is 4. The molecule has 0 aliphatic rings. The van der Waals surface area contributed by atoms with Gasteiger partial charge < -0.3 is 22.5 Å². The summed E-state index contributed by atoms with van der Waals surface area (Å²) in [4.78, 5) is 32.9. The Bertz CT molecular complexity index is 281. The highest BCUT2D eigenvalue weighted by molar-refractivity contribution is 5.88. The number of nitrogens with one attached hydrogen (secondary N) is 1. The molecule has 98 valence electrons. The van der Waals surface area contributed by atoms with Crippen molar-refractivity contribution in [2.45, 2.75) is 38.1 Å². The second-order valence-electron chi connectivity index (χ2n) is 3.77. The van der Waals surface area contributed by atoms with Gasteiger partial charge in [-0.2, -0.15) is 0 Å². The third-order valence-electron chi connectivity index (χ3n) is 2.22. The van der Waals surface area contributed by atoms with Crippen LogP contribution in [0.1, 0.15) is 32.1 Å². The molecule has 0 radical (unpaired) electrons. The predicted octanol–water partition coefficient (Wildman–Crippen LogP) is -1.65. The second-order valence-corrected chi connectivity index (χ2v) is 3.77. The fourth-order valence-electron chi connectivity index (χ4n) is 1.28. The standard InChI is InChI=1S/C10H20N4O3/c11-6-2-1-3-7(10(13)17)14-9(16)5-4-8(12)15/h7H,1-6,11H2,(H2,12,15)(H2,13,17)(H,14,16). The van der Waals surface area contributed by atoms with Crippen molar-refractivity contribution in [2.75, 3.05) is 6.54 Å². The molecule has 3 amide bonds. The first kappa shape index (κ1) is 15.4. The van der Waals surface area contributed by atoms with Crippen LogP contribution in [0.15, 0.2) is 0 Å². The molecule has 0 aromatic heterocycles. The van der Waals surface area contributed by atoms with Gasteiger partial charge in [-0.3, -0.25) is 14.4 Å². The normalized spacial score (nSPS) is 11.8. The van der Waals surface area contributed by atoms with Gasteiger partial charge in [-0.05, 0) is 25.8 Å². The Labute approximate surface area is 100 Å². The number of carbonyl (C=O) groups excluding carboxylic acids is 3.